The summed E-state index contributed by atoms with van der Waals surface area (Å²) < 4.78 is 35.3. The van der Waals surface area contributed by atoms with E-state index in [1.807, 2.05) is 40.7 Å². The van der Waals surface area contributed by atoms with E-state index >= 15 is 0 Å². The van der Waals surface area contributed by atoms with Crippen molar-refractivity contribution in [1.82, 2.24) is 10.6 Å². The summed E-state index contributed by atoms with van der Waals surface area (Å²) in [6, 6.07) is 10.0. The Labute approximate surface area is 203 Å². The molecule has 0 saturated carbocycles. The van der Waals surface area contributed by atoms with Crippen molar-refractivity contribution >= 4 is 6.09 Å². The molecule has 190 valence electrons. The van der Waals surface area contributed by atoms with Crippen LogP contribution in [-0.4, -0.2) is 31.4 Å². The first kappa shape index (κ1) is 29.4. The molecule has 2 N–H and O–H groups in total. The minimum Gasteiger partial charge on any atom is -0.493 e. The Morgan fingerprint density at radius 1 is 1.03 bits per heavy atom. The second kappa shape index (κ2) is 14.6. The monoisotopic (exact) mass is 478 g/mol. The van der Waals surface area contributed by atoms with E-state index in [1.54, 1.807) is 6.92 Å². The zero-order chi connectivity index (χ0) is 25.7. The molecule has 34 heavy (non-hydrogen) atoms. The Hall–Kier alpha value is -2.67. The highest BCUT2D eigenvalue weighted by molar-refractivity contribution is 5.67. The van der Waals surface area contributed by atoms with Crippen molar-refractivity contribution in [3.8, 4) is 5.75 Å². The van der Waals surface area contributed by atoms with Crippen molar-refractivity contribution in [1.29, 1.82) is 0 Å². The standard InChI is InChI=1S/C18H28N2O3.C7H6F2.C2H6/c1-13-6-7-16-14(12-13)15(8-11-22-16)19-9-5-10-20-17(21)23-18(2,3)4;1-5-2-6(8)4-7(9)3-5;1-2/h6-7,12,15,19H,5,8-11H2,1-4H3,(H,20,21);2-4H,1H3;1-2H3. The molecule has 1 aliphatic heterocycles. The van der Waals surface area contributed by atoms with Gasteiger partial charge in [0, 0.05) is 30.6 Å². The van der Waals surface area contributed by atoms with Crippen molar-refractivity contribution in [2.24, 2.45) is 0 Å². The molecule has 5 nitrogen and oxygen atoms in total. The molecule has 1 heterocycles. The fraction of sp³-hybridized carbons (Fsp3) is 0.519. The third-order valence-corrected chi connectivity index (χ3v) is 4.62. The van der Waals surface area contributed by atoms with E-state index in [-0.39, 0.29) is 6.09 Å². The van der Waals surface area contributed by atoms with Gasteiger partial charge in [0.2, 0.25) is 0 Å². The second-order valence-corrected chi connectivity index (χ2v) is 8.91. The summed E-state index contributed by atoms with van der Waals surface area (Å²) in [5.74, 6) is -0.0637. The number of aryl methyl sites for hydroxylation is 2. The van der Waals surface area contributed by atoms with Crippen molar-refractivity contribution in [2.75, 3.05) is 19.7 Å². The largest absolute Gasteiger partial charge is 0.493 e. The zero-order valence-corrected chi connectivity index (χ0v) is 21.6. The number of fused-ring (bicyclic) bond motifs is 1. The average Bonchev–Trinajstić information content (AvgIpc) is 2.73. The van der Waals surface area contributed by atoms with Crippen molar-refractivity contribution in [3.05, 3.63) is 64.7 Å². The van der Waals surface area contributed by atoms with Gasteiger partial charge in [-0.15, -0.1) is 0 Å². The Balaban J connectivity index is 0.000000437. The van der Waals surface area contributed by atoms with Gasteiger partial charge >= 0.3 is 6.09 Å². The molecule has 1 atom stereocenters. The SMILES string of the molecule is CC.Cc1cc(F)cc(F)c1.Cc1ccc2c(c1)C(NCCCNC(=O)OC(C)(C)C)CCO2. The number of nitrogens with one attached hydrogen (secondary N) is 2. The van der Waals surface area contributed by atoms with Crippen LogP contribution >= 0.6 is 0 Å². The molecule has 7 heteroatoms. The highest BCUT2D eigenvalue weighted by atomic mass is 19.1. The van der Waals surface area contributed by atoms with Crippen LogP contribution in [0, 0.1) is 25.5 Å². The molecule has 0 spiro atoms. The third kappa shape index (κ3) is 11.5. The molecule has 1 unspecified atom stereocenters. The highest BCUT2D eigenvalue weighted by Gasteiger charge is 2.21. The van der Waals surface area contributed by atoms with Gasteiger partial charge in [0.25, 0.3) is 0 Å². The minimum absolute atomic E-state index is 0.320. The first-order valence-corrected chi connectivity index (χ1v) is 11.9. The van der Waals surface area contributed by atoms with Gasteiger partial charge < -0.3 is 20.1 Å². The number of benzene rings is 2. The van der Waals surface area contributed by atoms with E-state index in [1.165, 1.54) is 23.3 Å². The van der Waals surface area contributed by atoms with Crippen LogP contribution in [0.3, 0.4) is 0 Å². The molecule has 1 amide bonds. The maximum atomic E-state index is 12.2. The van der Waals surface area contributed by atoms with Crippen molar-refractivity contribution in [2.45, 2.75) is 73.0 Å². The van der Waals surface area contributed by atoms with Gasteiger partial charge in [0.05, 0.1) is 6.61 Å². The van der Waals surface area contributed by atoms with E-state index in [2.05, 4.69) is 29.7 Å². The fourth-order valence-electron chi connectivity index (χ4n) is 3.29. The summed E-state index contributed by atoms with van der Waals surface area (Å²) in [6.07, 6.45) is 1.47. The lowest BCUT2D eigenvalue weighted by atomic mass is 9.98. The fourth-order valence-corrected chi connectivity index (χ4v) is 3.29. The van der Waals surface area contributed by atoms with E-state index in [4.69, 9.17) is 9.47 Å². The Morgan fingerprint density at radius 3 is 2.26 bits per heavy atom. The Morgan fingerprint density at radius 2 is 1.68 bits per heavy atom. The molecule has 1 aliphatic rings. The zero-order valence-electron chi connectivity index (χ0n) is 21.6. The predicted molar refractivity (Wildman–Crippen MR) is 133 cm³/mol. The number of amides is 1. The maximum Gasteiger partial charge on any atom is 0.407 e. The number of rotatable bonds is 5. The van der Waals surface area contributed by atoms with E-state index in [0.29, 0.717) is 18.2 Å². The molecule has 0 radical (unpaired) electrons. The lowest BCUT2D eigenvalue weighted by Gasteiger charge is -2.27. The summed E-state index contributed by atoms with van der Waals surface area (Å²) in [5.41, 5.74) is 2.63. The lowest BCUT2D eigenvalue weighted by Crippen LogP contribution is -2.34. The van der Waals surface area contributed by atoms with Crippen LogP contribution in [0.1, 0.15) is 70.2 Å². The number of hydrogen-bond donors (Lipinski definition) is 2. The summed E-state index contributed by atoms with van der Waals surface area (Å²) >= 11 is 0. The van der Waals surface area contributed by atoms with Gasteiger partial charge in [-0.1, -0.05) is 31.5 Å². The van der Waals surface area contributed by atoms with Crippen LogP contribution in [0.15, 0.2) is 36.4 Å². The molecule has 0 aliphatic carbocycles. The summed E-state index contributed by atoms with van der Waals surface area (Å²) in [4.78, 5) is 11.6. The summed E-state index contributed by atoms with van der Waals surface area (Å²) in [5, 5.41) is 6.33. The molecule has 0 fully saturated rings. The first-order valence-electron chi connectivity index (χ1n) is 11.9. The van der Waals surface area contributed by atoms with Gasteiger partial charge in [0.1, 0.15) is 23.0 Å². The first-order chi connectivity index (χ1) is 16.0. The highest BCUT2D eigenvalue weighted by Crippen LogP contribution is 2.32. The molecule has 0 aromatic heterocycles. The van der Waals surface area contributed by atoms with E-state index in [0.717, 1.165) is 37.8 Å². The second-order valence-electron chi connectivity index (χ2n) is 8.91. The number of hydrogen-bond acceptors (Lipinski definition) is 4. The number of alkyl carbamates (subject to hydrolysis) is 1. The van der Waals surface area contributed by atoms with Gasteiger partial charge in [-0.2, -0.15) is 0 Å². The molecular weight excluding hydrogens is 438 g/mol. The lowest BCUT2D eigenvalue weighted by molar-refractivity contribution is 0.0527. The molecule has 2 aromatic rings. The number of ether oxygens (including phenoxy) is 2. The number of halogens is 2. The van der Waals surface area contributed by atoms with Crippen LogP contribution in [0.2, 0.25) is 0 Å². The molecule has 0 bridgehead atoms. The molecule has 3 rings (SSSR count). The minimum atomic E-state index is -0.521. The van der Waals surface area contributed by atoms with Crippen LogP contribution in [0.25, 0.3) is 0 Å². The third-order valence-electron chi connectivity index (χ3n) is 4.62. The maximum absolute atomic E-state index is 12.2. The molecule has 0 saturated heterocycles. The Bertz CT molecular complexity index is 847. The van der Waals surface area contributed by atoms with E-state index in [9.17, 15) is 13.6 Å². The van der Waals surface area contributed by atoms with Crippen LogP contribution in [0.5, 0.6) is 5.75 Å². The van der Waals surface area contributed by atoms with Crippen LogP contribution in [0.4, 0.5) is 13.6 Å². The van der Waals surface area contributed by atoms with Gasteiger partial charge in [0.15, 0.2) is 0 Å². The normalized spacial score (nSPS) is 14.3. The van der Waals surface area contributed by atoms with Gasteiger partial charge in [-0.25, -0.2) is 13.6 Å². The number of carbonyl (C=O) groups is 1. The van der Waals surface area contributed by atoms with Gasteiger partial charge in [-0.3, -0.25) is 0 Å². The topological polar surface area (TPSA) is 59.6 Å². The average molecular weight is 479 g/mol. The summed E-state index contributed by atoms with van der Waals surface area (Å²) in [7, 11) is 0. The molecule has 2 aromatic carbocycles. The van der Waals surface area contributed by atoms with Crippen molar-refractivity contribution in [3.63, 3.8) is 0 Å². The quantitative estimate of drug-likeness (QED) is 0.474. The number of carbonyl (C=O) groups excluding carboxylic acids is 1. The molecular formula is C27H40F2N2O3. The predicted octanol–water partition coefficient (Wildman–Crippen LogP) is 6.62. The Kier molecular flexibility index (Phi) is 12.6. The van der Waals surface area contributed by atoms with Crippen molar-refractivity contribution < 1.29 is 23.0 Å². The van der Waals surface area contributed by atoms with Crippen LogP contribution < -0.4 is 15.4 Å². The van der Waals surface area contributed by atoms with Gasteiger partial charge in [-0.05, 0) is 71.3 Å². The van der Waals surface area contributed by atoms with Crippen LogP contribution in [-0.2, 0) is 4.74 Å². The summed E-state index contributed by atoms with van der Waals surface area (Å²) in [6.45, 7) is 15.5. The van der Waals surface area contributed by atoms with E-state index < -0.39 is 17.2 Å². The smallest absolute Gasteiger partial charge is 0.407 e.